The third-order valence-electron chi connectivity index (χ3n) is 4.15. The predicted octanol–water partition coefficient (Wildman–Crippen LogP) is -3.43. The Morgan fingerprint density at radius 1 is 0.933 bits per heavy atom. The standard InChI is InChI=1S/C17H33N7O6/c1-8(2)12(18)15(28)22-9(3)13(26)24-11(7-25)14(27)23-10(16(29)30)5-4-6-21-17(19)20/h8-12,25H,4-7,18H2,1-3H3,(H,22,28)(H,23,27)(H,24,26)(H,29,30)(H4,19,20,21). The number of nitrogens with zero attached hydrogens (tertiary/aromatic N) is 1. The molecule has 30 heavy (non-hydrogen) atoms. The molecule has 4 atom stereocenters. The molecule has 0 rings (SSSR count). The summed E-state index contributed by atoms with van der Waals surface area (Å²) in [5, 5.41) is 25.6. The van der Waals surface area contributed by atoms with E-state index in [-0.39, 0.29) is 31.3 Å². The Balaban J connectivity index is 4.82. The molecule has 0 heterocycles. The van der Waals surface area contributed by atoms with Gasteiger partial charge in [0.15, 0.2) is 5.96 Å². The minimum Gasteiger partial charge on any atom is -0.480 e. The molecular weight excluding hydrogens is 398 g/mol. The van der Waals surface area contributed by atoms with Crippen LogP contribution in [0.2, 0.25) is 0 Å². The van der Waals surface area contributed by atoms with Crippen LogP contribution in [0.15, 0.2) is 4.99 Å². The van der Waals surface area contributed by atoms with E-state index in [9.17, 15) is 29.4 Å². The van der Waals surface area contributed by atoms with Crippen molar-refractivity contribution in [3.05, 3.63) is 0 Å². The van der Waals surface area contributed by atoms with Gasteiger partial charge in [0.25, 0.3) is 0 Å². The van der Waals surface area contributed by atoms with Crippen LogP contribution < -0.4 is 33.2 Å². The summed E-state index contributed by atoms with van der Waals surface area (Å²) in [7, 11) is 0. The fraction of sp³-hybridized carbons (Fsp3) is 0.706. The largest absolute Gasteiger partial charge is 0.480 e. The van der Waals surface area contributed by atoms with E-state index in [0.29, 0.717) is 0 Å². The number of nitrogens with two attached hydrogens (primary N) is 3. The Bertz CT molecular complexity index is 636. The van der Waals surface area contributed by atoms with Crippen molar-refractivity contribution in [2.45, 2.75) is 57.8 Å². The Labute approximate surface area is 174 Å². The van der Waals surface area contributed by atoms with Gasteiger partial charge in [-0.2, -0.15) is 0 Å². The first kappa shape index (κ1) is 27.1. The number of aliphatic hydroxyl groups excluding tert-OH is 1. The molecule has 0 aromatic rings. The molecule has 0 aliphatic heterocycles. The molecule has 0 saturated heterocycles. The van der Waals surface area contributed by atoms with Gasteiger partial charge in [0.1, 0.15) is 18.1 Å². The van der Waals surface area contributed by atoms with E-state index in [1.807, 2.05) is 0 Å². The van der Waals surface area contributed by atoms with Crippen LogP contribution in [0.25, 0.3) is 0 Å². The number of amides is 3. The summed E-state index contributed by atoms with van der Waals surface area (Å²) >= 11 is 0. The number of rotatable bonds is 13. The van der Waals surface area contributed by atoms with E-state index in [1.54, 1.807) is 13.8 Å². The smallest absolute Gasteiger partial charge is 0.326 e. The van der Waals surface area contributed by atoms with Gasteiger partial charge in [0.05, 0.1) is 12.6 Å². The number of aliphatic imine (C=N–C) groups is 1. The van der Waals surface area contributed by atoms with E-state index in [4.69, 9.17) is 17.2 Å². The summed E-state index contributed by atoms with van der Waals surface area (Å²) in [6.45, 7) is 4.28. The van der Waals surface area contributed by atoms with Crippen molar-refractivity contribution in [2.75, 3.05) is 13.2 Å². The molecular formula is C17H33N7O6. The number of carbonyl (C=O) groups excluding carboxylic acids is 3. The number of guanidine groups is 1. The quantitative estimate of drug-likeness (QED) is 0.0821. The minimum absolute atomic E-state index is 0.0312. The van der Waals surface area contributed by atoms with Gasteiger partial charge in [0.2, 0.25) is 17.7 Å². The van der Waals surface area contributed by atoms with Crippen molar-refractivity contribution in [1.82, 2.24) is 16.0 Å². The Morgan fingerprint density at radius 2 is 1.50 bits per heavy atom. The second-order valence-electron chi connectivity index (χ2n) is 7.09. The normalized spacial score (nSPS) is 14.7. The number of carboxylic acid groups (broad SMARTS) is 1. The third-order valence-corrected chi connectivity index (χ3v) is 4.15. The first-order valence-corrected chi connectivity index (χ1v) is 9.46. The summed E-state index contributed by atoms with van der Waals surface area (Å²) in [6.07, 6.45) is 0.313. The summed E-state index contributed by atoms with van der Waals surface area (Å²) in [4.78, 5) is 51.5. The van der Waals surface area contributed by atoms with Gasteiger partial charge < -0.3 is 43.4 Å². The maximum absolute atomic E-state index is 12.3. The van der Waals surface area contributed by atoms with Crippen LogP contribution in [0.5, 0.6) is 0 Å². The number of hydrogen-bond donors (Lipinski definition) is 8. The molecule has 0 aromatic carbocycles. The van der Waals surface area contributed by atoms with E-state index < -0.39 is 54.5 Å². The molecule has 13 heteroatoms. The lowest BCUT2D eigenvalue weighted by Gasteiger charge is -2.23. The second kappa shape index (κ2) is 13.3. The molecule has 4 unspecified atom stereocenters. The maximum atomic E-state index is 12.3. The van der Waals surface area contributed by atoms with Crippen LogP contribution in [0, 0.1) is 5.92 Å². The Morgan fingerprint density at radius 3 is 1.97 bits per heavy atom. The lowest BCUT2D eigenvalue weighted by Crippen LogP contribution is -2.57. The SMILES string of the molecule is CC(NC(=O)C(N)C(C)C)C(=O)NC(CO)C(=O)NC(CCCN=C(N)N)C(=O)O. The monoisotopic (exact) mass is 431 g/mol. The predicted molar refractivity (Wildman–Crippen MR) is 109 cm³/mol. The molecule has 0 aromatic heterocycles. The lowest BCUT2D eigenvalue weighted by molar-refractivity contribution is -0.142. The van der Waals surface area contributed by atoms with Crippen molar-refractivity contribution in [1.29, 1.82) is 0 Å². The van der Waals surface area contributed by atoms with E-state index >= 15 is 0 Å². The molecule has 3 amide bonds. The van der Waals surface area contributed by atoms with Crippen molar-refractivity contribution >= 4 is 29.7 Å². The summed E-state index contributed by atoms with van der Waals surface area (Å²) in [5.41, 5.74) is 16.1. The number of aliphatic carboxylic acids is 1. The zero-order valence-electron chi connectivity index (χ0n) is 17.4. The average Bonchev–Trinajstić information content (AvgIpc) is 2.66. The molecule has 0 aliphatic rings. The number of nitrogens with one attached hydrogen (secondary N) is 3. The highest BCUT2D eigenvalue weighted by molar-refractivity contribution is 5.94. The minimum atomic E-state index is -1.41. The van der Waals surface area contributed by atoms with Crippen LogP contribution in [0.3, 0.4) is 0 Å². The van der Waals surface area contributed by atoms with E-state index in [2.05, 4.69) is 20.9 Å². The van der Waals surface area contributed by atoms with Crippen molar-refractivity contribution in [2.24, 2.45) is 28.1 Å². The second-order valence-corrected chi connectivity index (χ2v) is 7.09. The molecule has 11 N–H and O–H groups in total. The molecule has 0 aliphatic carbocycles. The molecule has 0 radical (unpaired) electrons. The van der Waals surface area contributed by atoms with Crippen molar-refractivity contribution < 1.29 is 29.4 Å². The topological polar surface area (TPSA) is 235 Å². The molecule has 0 spiro atoms. The zero-order chi connectivity index (χ0) is 23.4. The van der Waals surface area contributed by atoms with E-state index in [1.165, 1.54) is 6.92 Å². The van der Waals surface area contributed by atoms with Gasteiger partial charge in [-0.1, -0.05) is 13.8 Å². The molecule has 0 fully saturated rings. The molecule has 0 saturated carbocycles. The zero-order valence-corrected chi connectivity index (χ0v) is 17.4. The molecule has 172 valence electrons. The van der Waals surface area contributed by atoms with Crippen molar-refractivity contribution in [3.63, 3.8) is 0 Å². The first-order valence-electron chi connectivity index (χ1n) is 9.46. The number of carboxylic acids is 1. The van der Waals surface area contributed by atoms with Gasteiger partial charge in [0, 0.05) is 6.54 Å². The van der Waals surface area contributed by atoms with Gasteiger partial charge >= 0.3 is 5.97 Å². The average molecular weight is 431 g/mol. The fourth-order valence-corrected chi connectivity index (χ4v) is 2.20. The van der Waals surface area contributed by atoms with Crippen LogP contribution in [-0.4, -0.2) is 77.2 Å². The molecule has 0 bridgehead atoms. The number of aliphatic hydroxyl groups is 1. The van der Waals surface area contributed by atoms with Gasteiger partial charge in [-0.3, -0.25) is 19.4 Å². The Kier molecular flexibility index (Phi) is 12.0. The summed E-state index contributed by atoms with van der Waals surface area (Å²) in [5.74, 6) is -3.74. The fourth-order valence-electron chi connectivity index (χ4n) is 2.20. The number of carbonyl (C=O) groups is 4. The van der Waals surface area contributed by atoms with Crippen LogP contribution in [-0.2, 0) is 19.2 Å². The van der Waals surface area contributed by atoms with Crippen LogP contribution in [0.4, 0.5) is 0 Å². The highest BCUT2D eigenvalue weighted by Crippen LogP contribution is 2.01. The van der Waals surface area contributed by atoms with Gasteiger partial charge in [-0.05, 0) is 25.7 Å². The first-order chi connectivity index (χ1) is 13.9. The summed E-state index contributed by atoms with van der Waals surface area (Å²) < 4.78 is 0. The van der Waals surface area contributed by atoms with Crippen LogP contribution >= 0.6 is 0 Å². The summed E-state index contributed by atoms with van der Waals surface area (Å²) in [6, 6.07) is -4.51. The third kappa shape index (κ3) is 10.0. The number of hydrogen-bond acceptors (Lipinski definition) is 7. The van der Waals surface area contributed by atoms with Gasteiger partial charge in [-0.25, -0.2) is 4.79 Å². The Hall–Kier alpha value is -2.93. The highest BCUT2D eigenvalue weighted by atomic mass is 16.4. The lowest BCUT2D eigenvalue weighted by atomic mass is 10.0. The van der Waals surface area contributed by atoms with Gasteiger partial charge in [-0.15, -0.1) is 0 Å². The highest BCUT2D eigenvalue weighted by Gasteiger charge is 2.28. The van der Waals surface area contributed by atoms with E-state index in [0.717, 1.165) is 0 Å². The molecule has 13 nitrogen and oxygen atoms in total. The van der Waals surface area contributed by atoms with Crippen molar-refractivity contribution in [3.8, 4) is 0 Å². The van der Waals surface area contributed by atoms with Crippen LogP contribution in [0.1, 0.15) is 33.6 Å². The maximum Gasteiger partial charge on any atom is 0.326 e.